The lowest BCUT2D eigenvalue weighted by atomic mass is 10.2. The molecule has 0 atom stereocenters. The third kappa shape index (κ3) is 4.57. The van der Waals surface area contributed by atoms with E-state index in [9.17, 15) is 4.39 Å². The van der Waals surface area contributed by atoms with Gasteiger partial charge in [0.2, 0.25) is 0 Å². The molecule has 0 radical (unpaired) electrons. The van der Waals surface area contributed by atoms with Gasteiger partial charge in [0.15, 0.2) is 5.96 Å². The minimum Gasteiger partial charge on any atom is -0.357 e. The molecule has 1 aromatic rings. The molecule has 0 amide bonds. The third-order valence-corrected chi connectivity index (χ3v) is 2.40. The Hall–Kier alpha value is -1.84. The van der Waals surface area contributed by atoms with Crippen molar-refractivity contribution in [1.29, 1.82) is 0 Å². The van der Waals surface area contributed by atoms with Gasteiger partial charge in [-0.15, -0.1) is 6.58 Å². The second kappa shape index (κ2) is 7.48. The van der Waals surface area contributed by atoms with Crippen LogP contribution in [-0.2, 0) is 6.54 Å². The van der Waals surface area contributed by atoms with E-state index in [2.05, 4.69) is 16.9 Å². The van der Waals surface area contributed by atoms with Crippen molar-refractivity contribution in [3.8, 4) is 0 Å². The zero-order chi connectivity index (χ0) is 13.4. The highest BCUT2D eigenvalue weighted by Crippen LogP contribution is 2.05. The molecule has 98 valence electrons. The quantitative estimate of drug-likeness (QED) is 0.493. The molecular formula is C14H20FN3. The van der Waals surface area contributed by atoms with Gasteiger partial charge < -0.3 is 10.2 Å². The molecule has 4 heteroatoms. The van der Waals surface area contributed by atoms with E-state index in [0.717, 1.165) is 18.1 Å². The average molecular weight is 249 g/mol. The van der Waals surface area contributed by atoms with Crippen molar-refractivity contribution in [3.05, 3.63) is 48.3 Å². The summed E-state index contributed by atoms with van der Waals surface area (Å²) in [5, 5.41) is 3.20. The van der Waals surface area contributed by atoms with Crippen LogP contribution >= 0.6 is 0 Å². The lowest BCUT2D eigenvalue weighted by Gasteiger charge is -2.22. The lowest BCUT2D eigenvalue weighted by Crippen LogP contribution is -2.38. The number of nitrogens with one attached hydrogen (secondary N) is 1. The molecule has 18 heavy (non-hydrogen) atoms. The van der Waals surface area contributed by atoms with Crippen molar-refractivity contribution >= 4 is 5.96 Å². The number of hydrogen-bond acceptors (Lipinski definition) is 1. The van der Waals surface area contributed by atoms with Crippen LogP contribution in [0.25, 0.3) is 0 Å². The van der Waals surface area contributed by atoms with E-state index in [1.807, 2.05) is 18.9 Å². The maximum Gasteiger partial charge on any atom is 0.194 e. The molecule has 0 aliphatic heterocycles. The molecule has 1 aromatic carbocycles. The van der Waals surface area contributed by atoms with Gasteiger partial charge in [-0.05, 0) is 24.6 Å². The summed E-state index contributed by atoms with van der Waals surface area (Å²) < 4.78 is 12.8. The summed E-state index contributed by atoms with van der Waals surface area (Å²) in [6.07, 6.45) is 1.75. The zero-order valence-electron chi connectivity index (χ0n) is 11.0. The Morgan fingerprint density at radius 2 is 2.11 bits per heavy atom. The van der Waals surface area contributed by atoms with E-state index in [0.29, 0.717) is 13.1 Å². The smallest absolute Gasteiger partial charge is 0.194 e. The van der Waals surface area contributed by atoms with Crippen LogP contribution in [0.2, 0.25) is 0 Å². The molecule has 0 aliphatic carbocycles. The molecule has 1 rings (SSSR count). The van der Waals surface area contributed by atoms with E-state index in [4.69, 9.17) is 0 Å². The Morgan fingerprint density at radius 3 is 2.67 bits per heavy atom. The molecule has 0 spiro atoms. The minimum atomic E-state index is -0.214. The summed E-state index contributed by atoms with van der Waals surface area (Å²) in [5.41, 5.74) is 1.04. The highest BCUT2D eigenvalue weighted by Gasteiger charge is 2.05. The van der Waals surface area contributed by atoms with Crippen molar-refractivity contribution in [1.82, 2.24) is 10.2 Å². The number of aliphatic imine (C=N–C) groups is 1. The van der Waals surface area contributed by atoms with E-state index < -0.39 is 0 Å². The Morgan fingerprint density at radius 1 is 1.44 bits per heavy atom. The molecule has 0 saturated heterocycles. The van der Waals surface area contributed by atoms with Crippen LogP contribution in [-0.4, -0.2) is 31.0 Å². The topological polar surface area (TPSA) is 27.6 Å². The largest absolute Gasteiger partial charge is 0.357 e. The van der Waals surface area contributed by atoms with Crippen LogP contribution in [0, 0.1) is 5.82 Å². The van der Waals surface area contributed by atoms with E-state index >= 15 is 0 Å². The lowest BCUT2D eigenvalue weighted by molar-refractivity contribution is 0.477. The fraction of sp³-hybridized carbons (Fsp3) is 0.357. The van der Waals surface area contributed by atoms with Crippen LogP contribution in [0.4, 0.5) is 4.39 Å². The second-order valence-electron chi connectivity index (χ2n) is 3.97. The van der Waals surface area contributed by atoms with Crippen LogP contribution in [0.3, 0.4) is 0 Å². The summed E-state index contributed by atoms with van der Waals surface area (Å²) in [4.78, 5) is 6.39. The highest BCUT2D eigenvalue weighted by molar-refractivity contribution is 5.79. The molecule has 0 unspecified atom stereocenters. The predicted molar refractivity (Wildman–Crippen MR) is 74.0 cm³/mol. The van der Waals surface area contributed by atoms with Crippen LogP contribution in [0.1, 0.15) is 12.5 Å². The summed E-state index contributed by atoms with van der Waals surface area (Å²) >= 11 is 0. The zero-order valence-corrected chi connectivity index (χ0v) is 11.0. The maximum atomic E-state index is 12.8. The number of guanidine groups is 1. The molecule has 0 fully saturated rings. The molecular weight excluding hydrogens is 229 g/mol. The van der Waals surface area contributed by atoms with Gasteiger partial charge in [-0.1, -0.05) is 18.2 Å². The first-order valence-corrected chi connectivity index (χ1v) is 6.02. The molecule has 0 bridgehead atoms. The van der Waals surface area contributed by atoms with Crippen LogP contribution in [0.5, 0.6) is 0 Å². The van der Waals surface area contributed by atoms with Gasteiger partial charge in [-0.25, -0.2) is 9.38 Å². The van der Waals surface area contributed by atoms with Gasteiger partial charge >= 0.3 is 0 Å². The van der Waals surface area contributed by atoms with Crippen LogP contribution < -0.4 is 5.32 Å². The van der Waals surface area contributed by atoms with Gasteiger partial charge in [0.25, 0.3) is 0 Å². The van der Waals surface area contributed by atoms with Crippen molar-refractivity contribution in [2.45, 2.75) is 13.5 Å². The Bertz CT molecular complexity index is 398. The maximum absolute atomic E-state index is 12.8. The van der Waals surface area contributed by atoms with Gasteiger partial charge in [0, 0.05) is 20.1 Å². The number of rotatable bonds is 5. The number of halogens is 1. The van der Waals surface area contributed by atoms with E-state index in [1.165, 1.54) is 12.1 Å². The summed E-state index contributed by atoms with van der Waals surface area (Å²) in [7, 11) is 1.95. The van der Waals surface area contributed by atoms with E-state index in [-0.39, 0.29) is 5.82 Å². The fourth-order valence-electron chi connectivity index (χ4n) is 1.56. The molecule has 0 saturated carbocycles. The predicted octanol–water partition coefficient (Wildman–Crippen LogP) is 2.41. The monoisotopic (exact) mass is 249 g/mol. The summed E-state index contributed by atoms with van der Waals surface area (Å²) in [6, 6.07) is 6.50. The second-order valence-corrected chi connectivity index (χ2v) is 3.97. The third-order valence-electron chi connectivity index (χ3n) is 2.40. The number of benzene rings is 1. The SMILES string of the molecule is C=CCN=C(NCC)N(C)Cc1ccc(F)cc1. The standard InChI is InChI=1S/C14H20FN3/c1-4-10-17-14(16-5-2)18(3)11-12-6-8-13(15)9-7-12/h4,6-9H,1,5,10-11H2,2-3H3,(H,16,17). The molecule has 0 heterocycles. The molecule has 1 N–H and O–H groups in total. The Balaban J connectivity index is 2.68. The summed E-state index contributed by atoms with van der Waals surface area (Å²) in [6.45, 7) is 7.75. The Labute approximate surface area is 108 Å². The molecule has 0 aromatic heterocycles. The van der Waals surface area contributed by atoms with Crippen molar-refractivity contribution in [3.63, 3.8) is 0 Å². The van der Waals surface area contributed by atoms with Crippen molar-refractivity contribution in [2.24, 2.45) is 4.99 Å². The number of hydrogen-bond donors (Lipinski definition) is 1. The first-order chi connectivity index (χ1) is 8.67. The van der Waals surface area contributed by atoms with Gasteiger partial charge in [0.05, 0.1) is 6.54 Å². The van der Waals surface area contributed by atoms with Crippen LogP contribution in [0.15, 0.2) is 41.9 Å². The first-order valence-electron chi connectivity index (χ1n) is 6.02. The summed E-state index contributed by atoms with van der Waals surface area (Å²) in [5.74, 6) is 0.607. The highest BCUT2D eigenvalue weighted by atomic mass is 19.1. The number of nitrogens with zero attached hydrogens (tertiary/aromatic N) is 2. The fourth-order valence-corrected chi connectivity index (χ4v) is 1.56. The van der Waals surface area contributed by atoms with E-state index in [1.54, 1.807) is 18.2 Å². The average Bonchev–Trinajstić information content (AvgIpc) is 2.37. The molecule has 0 aliphatic rings. The molecule has 3 nitrogen and oxygen atoms in total. The minimum absolute atomic E-state index is 0.214. The first kappa shape index (κ1) is 14.2. The van der Waals surface area contributed by atoms with Gasteiger partial charge in [-0.2, -0.15) is 0 Å². The van der Waals surface area contributed by atoms with Gasteiger partial charge in [0.1, 0.15) is 5.82 Å². The van der Waals surface area contributed by atoms with Gasteiger partial charge in [-0.3, -0.25) is 0 Å². The van der Waals surface area contributed by atoms with Crippen molar-refractivity contribution < 1.29 is 4.39 Å². The Kier molecular flexibility index (Phi) is 5.91. The van der Waals surface area contributed by atoms with Crippen molar-refractivity contribution in [2.75, 3.05) is 20.1 Å². The normalized spacial score (nSPS) is 11.2.